The zero-order valence-corrected chi connectivity index (χ0v) is 12.6. The van der Waals surface area contributed by atoms with Crippen LogP contribution in [0.2, 0.25) is 10.0 Å². The third-order valence-corrected chi connectivity index (χ3v) is 4.53. The van der Waals surface area contributed by atoms with Gasteiger partial charge in [-0.05, 0) is 24.5 Å². The molecule has 3 amide bonds. The van der Waals surface area contributed by atoms with Crippen molar-refractivity contribution in [3.05, 3.63) is 28.2 Å². The Morgan fingerprint density at radius 3 is 2.68 bits per heavy atom. The number of rotatable bonds is 3. The highest BCUT2D eigenvalue weighted by Crippen LogP contribution is 2.32. The fraction of sp³-hybridized carbons (Fsp3) is 0.333. The molecule has 0 spiro atoms. The van der Waals surface area contributed by atoms with Crippen molar-refractivity contribution in [3.63, 3.8) is 0 Å². The average molecular weight is 319 g/mol. The molecular weight excluding hydrogens is 307 g/mol. The number of carbonyl (C=O) groups is 2. The zero-order valence-electron chi connectivity index (χ0n) is 10.3. The van der Waals surface area contributed by atoms with Crippen LogP contribution in [0.25, 0.3) is 0 Å². The van der Waals surface area contributed by atoms with E-state index < -0.39 is 12.1 Å². The van der Waals surface area contributed by atoms with Gasteiger partial charge in [-0.1, -0.05) is 30.1 Å². The number of carbonyl (C=O) groups excluding carboxylic acids is 2. The highest BCUT2D eigenvalue weighted by atomic mass is 35.5. The average Bonchev–Trinajstić information content (AvgIpc) is 2.67. The van der Waals surface area contributed by atoms with Gasteiger partial charge < -0.3 is 5.32 Å². The molecule has 1 saturated heterocycles. The van der Waals surface area contributed by atoms with Crippen LogP contribution < -0.4 is 10.2 Å². The van der Waals surface area contributed by atoms with Gasteiger partial charge >= 0.3 is 6.03 Å². The number of amides is 3. The Morgan fingerprint density at radius 2 is 2.05 bits per heavy atom. The van der Waals surface area contributed by atoms with Crippen molar-refractivity contribution in [2.24, 2.45) is 0 Å². The number of anilines is 1. The van der Waals surface area contributed by atoms with E-state index in [1.807, 2.05) is 13.2 Å². The molecule has 2 unspecified atom stereocenters. The number of thioether (sulfide) groups is 1. The molecule has 1 fully saturated rings. The van der Waals surface area contributed by atoms with E-state index in [0.29, 0.717) is 15.7 Å². The van der Waals surface area contributed by atoms with Gasteiger partial charge in [0.2, 0.25) is 0 Å². The Bertz CT molecular complexity index is 538. The predicted octanol–water partition coefficient (Wildman–Crippen LogP) is 3.17. The van der Waals surface area contributed by atoms with E-state index in [2.05, 4.69) is 5.32 Å². The summed E-state index contributed by atoms with van der Waals surface area (Å²) in [7, 11) is 0. The second-order valence-electron chi connectivity index (χ2n) is 4.14. The number of halogens is 2. The summed E-state index contributed by atoms with van der Waals surface area (Å²) >= 11 is 13.4. The first-order chi connectivity index (χ1) is 8.95. The first kappa shape index (κ1) is 14.5. The SMILES string of the molecule is CSC(C)C1NC(=O)N(c2cc(Cl)ccc2Cl)C1=O. The van der Waals surface area contributed by atoms with Crippen LogP contribution in [-0.2, 0) is 4.79 Å². The second kappa shape index (κ2) is 5.61. The lowest BCUT2D eigenvalue weighted by atomic mass is 10.2. The second-order valence-corrected chi connectivity index (χ2v) is 6.20. The molecule has 0 radical (unpaired) electrons. The third-order valence-electron chi connectivity index (χ3n) is 2.96. The van der Waals surface area contributed by atoms with Gasteiger partial charge in [-0.2, -0.15) is 11.8 Å². The molecule has 19 heavy (non-hydrogen) atoms. The molecule has 7 heteroatoms. The van der Waals surface area contributed by atoms with Crippen molar-refractivity contribution < 1.29 is 9.59 Å². The maximum absolute atomic E-state index is 12.3. The van der Waals surface area contributed by atoms with Crippen LogP contribution in [0.3, 0.4) is 0 Å². The maximum atomic E-state index is 12.3. The molecule has 1 aliphatic rings. The van der Waals surface area contributed by atoms with E-state index in [1.165, 1.54) is 17.8 Å². The Hall–Kier alpha value is -0.910. The molecule has 0 aromatic heterocycles. The molecule has 1 aliphatic heterocycles. The fourth-order valence-electron chi connectivity index (χ4n) is 1.84. The van der Waals surface area contributed by atoms with Gasteiger partial charge in [0.25, 0.3) is 5.91 Å². The molecule has 0 saturated carbocycles. The van der Waals surface area contributed by atoms with Crippen LogP contribution in [0.1, 0.15) is 6.92 Å². The van der Waals surface area contributed by atoms with Crippen LogP contribution in [-0.4, -0.2) is 29.5 Å². The standard InChI is InChI=1S/C12H12Cl2N2O2S/c1-6(19-2)10-11(17)16(12(18)15-10)9-5-7(13)3-4-8(9)14/h3-6,10H,1-2H3,(H,15,18). The van der Waals surface area contributed by atoms with E-state index in [0.717, 1.165) is 4.90 Å². The van der Waals surface area contributed by atoms with Crippen LogP contribution in [0.15, 0.2) is 18.2 Å². The van der Waals surface area contributed by atoms with Gasteiger partial charge in [-0.15, -0.1) is 0 Å². The van der Waals surface area contributed by atoms with E-state index in [1.54, 1.807) is 12.1 Å². The fourth-order valence-corrected chi connectivity index (χ4v) is 2.66. The largest absolute Gasteiger partial charge is 0.329 e. The minimum absolute atomic E-state index is 0.0144. The first-order valence-corrected chi connectivity index (χ1v) is 7.62. The van der Waals surface area contributed by atoms with E-state index >= 15 is 0 Å². The number of nitrogens with zero attached hydrogens (tertiary/aromatic N) is 1. The lowest BCUT2D eigenvalue weighted by Crippen LogP contribution is -2.37. The number of imide groups is 1. The first-order valence-electron chi connectivity index (χ1n) is 5.58. The molecule has 0 bridgehead atoms. The van der Waals surface area contributed by atoms with Crippen LogP contribution in [0.4, 0.5) is 10.5 Å². The monoisotopic (exact) mass is 318 g/mol. The number of urea groups is 1. The summed E-state index contributed by atoms with van der Waals surface area (Å²) in [4.78, 5) is 25.3. The van der Waals surface area contributed by atoms with Crippen LogP contribution in [0.5, 0.6) is 0 Å². The molecule has 1 aromatic rings. The van der Waals surface area contributed by atoms with Gasteiger partial charge in [-0.3, -0.25) is 4.79 Å². The van der Waals surface area contributed by atoms with Gasteiger partial charge in [0.1, 0.15) is 6.04 Å². The molecular formula is C12H12Cl2N2O2S. The molecule has 1 heterocycles. The van der Waals surface area contributed by atoms with Gasteiger partial charge in [0.05, 0.1) is 10.7 Å². The molecule has 1 aromatic carbocycles. The van der Waals surface area contributed by atoms with Gasteiger partial charge in [0.15, 0.2) is 0 Å². The summed E-state index contributed by atoms with van der Waals surface area (Å²) in [5.41, 5.74) is 0.312. The Morgan fingerprint density at radius 1 is 1.37 bits per heavy atom. The topological polar surface area (TPSA) is 49.4 Å². The van der Waals surface area contributed by atoms with Crippen molar-refractivity contribution in [1.82, 2.24) is 5.32 Å². The number of benzene rings is 1. The van der Waals surface area contributed by atoms with Crippen molar-refractivity contribution in [3.8, 4) is 0 Å². The van der Waals surface area contributed by atoms with Crippen molar-refractivity contribution in [2.45, 2.75) is 18.2 Å². The normalized spacial score (nSPS) is 20.6. The van der Waals surface area contributed by atoms with Gasteiger partial charge in [-0.25, -0.2) is 9.69 Å². The third kappa shape index (κ3) is 2.68. The molecule has 1 N–H and O–H groups in total. The van der Waals surface area contributed by atoms with Crippen LogP contribution >= 0.6 is 35.0 Å². The minimum atomic E-state index is -0.544. The lowest BCUT2D eigenvalue weighted by Gasteiger charge is -2.16. The number of nitrogens with one attached hydrogen (secondary N) is 1. The smallest absolute Gasteiger partial charge is 0.324 e. The summed E-state index contributed by atoms with van der Waals surface area (Å²) < 4.78 is 0. The zero-order chi connectivity index (χ0) is 14.2. The molecule has 2 rings (SSSR count). The number of hydrogen-bond donors (Lipinski definition) is 1. The molecule has 4 nitrogen and oxygen atoms in total. The molecule has 2 atom stereocenters. The van der Waals surface area contributed by atoms with E-state index in [-0.39, 0.29) is 11.2 Å². The summed E-state index contributed by atoms with van der Waals surface area (Å²) in [6.45, 7) is 1.89. The van der Waals surface area contributed by atoms with Gasteiger partial charge in [0, 0.05) is 10.3 Å². The summed E-state index contributed by atoms with van der Waals surface area (Å²) in [6, 6.07) is 3.66. The van der Waals surface area contributed by atoms with Crippen molar-refractivity contribution >= 4 is 52.6 Å². The minimum Gasteiger partial charge on any atom is -0.324 e. The van der Waals surface area contributed by atoms with E-state index in [9.17, 15) is 9.59 Å². The Kier molecular flexibility index (Phi) is 4.28. The van der Waals surface area contributed by atoms with Crippen molar-refractivity contribution in [2.75, 3.05) is 11.2 Å². The summed E-state index contributed by atoms with van der Waals surface area (Å²) in [5, 5.41) is 3.38. The van der Waals surface area contributed by atoms with Crippen molar-refractivity contribution in [1.29, 1.82) is 0 Å². The highest BCUT2D eigenvalue weighted by Gasteiger charge is 2.42. The quantitative estimate of drug-likeness (QED) is 0.871. The van der Waals surface area contributed by atoms with E-state index in [4.69, 9.17) is 23.2 Å². The predicted molar refractivity (Wildman–Crippen MR) is 79.2 cm³/mol. The number of hydrogen-bond acceptors (Lipinski definition) is 3. The Labute approximate surface area is 125 Å². The maximum Gasteiger partial charge on any atom is 0.329 e. The summed E-state index contributed by atoms with van der Waals surface area (Å²) in [5.74, 6) is -0.309. The summed E-state index contributed by atoms with van der Waals surface area (Å²) in [6.07, 6.45) is 1.89. The molecule has 102 valence electrons. The molecule has 0 aliphatic carbocycles. The lowest BCUT2D eigenvalue weighted by molar-refractivity contribution is -0.118. The Balaban J connectivity index is 2.38. The van der Waals surface area contributed by atoms with Crippen LogP contribution in [0, 0.1) is 0 Å². The highest BCUT2D eigenvalue weighted by molar-refractivity contribution is 7.99.